The van der Waals surface area contributed by atoms with Gasteiger partial charge in [0.25, 0.3) is 0 Å². The molecule has 2 atom stereocenters. The van der Waals surface area contributed by atoms with E-state index < -0.39 is 11.6 Å². The molecular formula is C12H19N5O2. The van der Waals surface area contributed by atoms with Gasteiger partial charge in [0, 0.05) is 13.2 Å². The van der Waals surface area contributed by atoms with Crippen LogP contribution in [0.15, 0.2) is 6.20 Å². The van der Waals surface area contributed by atoms with Gasteiger partial charge in [-0.25, -0.2) is 0 Å². The molecule has 0 aliphatic carbocycles. The van der Waals surface area contributed by atoms with Crippen LogP contribution in [0.3, 0.4) is 0 Å². The van der Waals surface area contributed by atoms with E-state index >= 15 is 0 Å². The molecule has 0 radical (unpaired) electrons. The van der Waals surface area contributed by atoms with Crippen LogP contribution in [-0.2, 0) is 23.2 Å². The molecule has 19 heavy (non-hydrogen) atoms. The maximum Gasteiger partial charge on any atom is 0.246 e. The number of nitrogens with zero attached hydrogens (tertiary/aromatic N) is 4. The van der Waals surface area contributed by atoms with E-state index in [4.69, 9.17) is 0 Å². The van der Waals surface area contributed by atoms with Gasteiger partial charge in [0.1, 0.15) is 17.3 Å². The number of amides is 2. The van der Waals surface area contributed by atoms with E-state index in [0.717, 1.165) is 0 Å². The fourth-order valence-electron chi connectivity index (χ4n) is 2.25. The van der Waals surface area contributed by atoms with Crippen molar-refractivity contribution < 1.29 is 9.59 Å². The smallest absolute Gasteiger partial charge is 0.246 e. The number of piperazine rings is 1. The van der Waals surface area contributed by atoms with Crippen molar-refractivity contribution in [2.75, 3.05) is 0 Å². The Labute approximate surface area is 112 Å². The summed E-state index contributed by atoms with van der Waals surface area (Å²) in [5, 5.41) is 10.5. The molecule has 1 fully saturated rings. The molecule has 0 spiro atoms. The molecule has 7 heteroatoms. The summed E-state index contributed by atoms with van der Waals surface area (Å²) < 4.78 is 1.58. The first-order valence-corrected chi connectivity index (χ1v) is 6.36. The van der Waals surface area contributed by atoms with Crippen LogP contribution >= 0.6 is 0 Å². The predicted molar refractivity (Wildman–Crippen MR) is 67.9 cm³/mol. The second-order valence-corrected chi connectivity index (χ2v) is 5.13. The third-order valence-corrected chi connectivity index (χ3v) is 3.73. The Balaban J connectivity index is 2.31. The summed E-state index contributed by atoms with van der Waals surface area (Å²) in [5.41, 5.74) is -0.154. The first-order chi connectivity index (χ1) is 8.88. The highest BCUT2D eigenvalue weighted by Gasteiger charge is 2.47. The molecule has 2 amide bonds. The van der Waals surface area contributed by atoms with Crippen LogP contribution in [0.4, 0.5) is 0 Å². The number of aromatic nitrogens is 3. The third kappa shape index (κ3) is 2.20. The van der Waals surface area contributed by atoms with Crippen molar-refractivity contribution in [3.8, 4) is 0 Å². The van der Waals surface area contributed by atoms with Crippen LogP contribution in [0, 0.1) is 0 Å². The fraction of sp³-hybridized carbons (Fsp3) is 0.667. The SMILES string of the molecule is CCC1(C)C(=O)NC(C)C(=O)N1Cc1cn(C)nn1. The average Bonchev–Trinajstić information content (AvgIpc) is 2.78. The van der Waals surface area contributed by atoms with Crippen molar-refractivity contribution in [3.63, 3.8) is 0 Å². The van der Waals surface area contributed by atoms with Gasteiger partial charge in [-0.1, -0.05) is 12.1 Å². The number of carbonyl (C=O) groups excluding carboxylic acids is 2. The fourth-order valence-corrected chi connectivity index (χ4v) is 2.25. The Morgan fingerprint density at radius 3 is 2.68 bits per heavy atom. The van der Waals surface area contributed by atoms with Gasteiger partial charge in [0.05, 0.1) is 6.54 Å². The second-order valence-electron chi connectivity index (χ2n) is 5.13. The first-order valence-electron chi connectivity index (χ1n) is 6.36. The highest BCUT2D eigenvalue weighted by Crippen LogP contribution is 2.26. The summed E-state index contributed by atoms with van der Waals surface area (Å²) in [6, 6.07) is -0.496. The summed E-state index contributed by atoms with van der Waals surface area (Å²) in [6.07, 6.45) is 2.30. The Kier molecular flexibility index (Phi) is 3.30. The monoisotopic (exact) mass is 265 g/mol. The summed E-state index contributed by atoms with van der Waals surface area (Å²) in [7, 11) is 1.77. The van der Waals surface area contributed by atoms with Crippen molar-refractivity contribution in [2.45, 2.75) is 45.3 Å². The van der Waals surface area contributed by atoms with E-state index in [9.17, 15) is 9.59 Å². The molecular weight excluding hydrogens is 246 g/mol. The van der Waals surface area contributed by atoms with Crippen LogP contribution in [0.1, 0.15) is 32.9 Å². The molecule has 1 saturated heterocycles. The van der Waals surface area contributed by atoms with Crippen LogP contribution in [0.2, 0.25) is 0 Å². The van der Waals surface area contributed by atoms with E-state index in [-0.39, 0.29) is 11.8 Å². The van der Waals surface area contributed by atoms with Crippen molar-refractivity contribution >= 4 is 11.8 Å². The molecule has 7 nitrogen and oxygen atoms in total. The topological polar surface area (TPSA) is 80.1 Å². The lowest BCUT2D eigenvalue weighted by Crippen LogP contribution is -2.68. The Morgan fingerprint density at radius 2 is 2.16 bits per heavy atom. The quantitative estimate of drug-likeness (QED) is 0.823. The lowest BCUT2D eigenvalue weighted by molar-refractivity contribution is -0.157. The Bertz CT molecular complexity index is 512. The van der Waals surface area contributed by atoms with E-state index in [1.165, 1.54) is 0 Å². The zero-order valence-electron chi connectivity index (χ0n) is 11.7. The van der Waals surface area contributed by atoms with Gasteiger partial charge in [0.15, 0.2) is 0 Å². The largest absolute Gasteiger partial charge is 0.343 e. The number of rotatable bonds is 3. The van der Waals surface area contributed by atoms with Crippen LogP contribution < -0.4 is 5.32 Å². The summed E-state index contributed by atoms with van der Waals surface area (Å²) in [5.74, 6) is -0.208. The minimum Gasteiger partial charge on any atom is -0.343 e. The zero-order valence-corrected chi connectivity index (χ0v) is 11.7. The van der Waals surface area contributed by atoms with Crippen LogP contribution in [0.25, 0.3) is 0 Å². The summed E-state index contributed by atoms with van der Waals surface area (Å²) in [4.78, 5) is 26.1. The third-order valence-electron chi connectivity index (χ3n) is 3.73. The molecule has 1 aromatic heterocycles. The van der Waals surface area contributed by atoms with Gasteiger partial charge in [-0.2, -0.15) is 0 Å². The van der Waals surface area contributed by atoms with Crippen molar-refractivity contribution in [2.24, 2.45) is 7.05 Å². The maximum absolute atomic E-state index is 12.3. The average molecular weight is 265 g/mol. The molecule has 1 aromatic rings. The van der Waals surface area contributed by atoms with E-state index in [2.05, 4.69) is 15.6 Å². The minimum absolute atomic E-state index is 0.0883. The van der Waals surface area contributed by atoms with E-state index in [1.807, 2.05) is 6.92 Å². The number of hydrogen-bond acceptors (Lipinski definition) is 4. The molecule has 1 aliphatic heterocycles. The van der Waals surface area contributed by atoms with Crippen LogP contribution in [0.5, 0.6) is 0 Å². The number of aryl methyl sites for hydroxylation is 1. The van der Waals surface area contributed by atoms with Crippen molar-refractivity contribution in [3.05, 3.63) is 11.9 Å². The summed E-state index contributed by atoms with van der Waals surface area (Å²) >= 11 is 0. The predicted octanol–water partition coefficient (Wildman–Crippen LogP) is -0.169. The number of hydrogen-bond donors (Lipinski definition) is 1. The molecule has 0 saturated carbocycles. The first kappa shape index (κ1) is 13.5. The molecule has 2 unspecified atom stereocenters. The Morgan fingerprint density at radius 1 is 1.47 bits per heavy atom. The standard InChI is InChI=1S/C12H19N5O2/c1-5-12(3)11(19)13-8(2)10(18)17(12)7-9-6-16(4)15-14-9/h6,8H,5,7H2,1-4H3,(H,13,19). The lowest BCUT2D eigenvalue weighted by atomic mass is 9.90. The molecule has 0 bridgehead atoms. The molecule has 1 N–H and O–H groups in total. The molecule has 2 rings (SSSR count). The Hall–Kier alpha value is -1.92. The molecule has 1 aliphatic rings. The molecule has 104 valence electrons. The van der Waals surface area contributed by atoms with E-state index in [1.54, 1.807) is 36.7 Å². The maximum atomic E-state index is 12.3. The van der Waals surface area contributed by atoms with Gasteiger partial charge in [-0.3, -0.25) is 14.3 Å². The molecule has 2 heterocycles. The van der Waals surface area contributed by atoms with Gasteiger partial charge in [-0.05, 0) is 20.3 Å². The van der Waals surface area contributed by atoms with Crippen molar-refractivity contribution in [1.29, 1.82) is 0 Å². The number of carbonyl (C=O) groups is 2. The minimum atomic E-state index is -0.832. The highest BCUT2D eigenvalue weighted by atomic mass is 16.2. The van der Waals surface area contributed by atoms with Gasteiger partial charge >= 0.3 is 0 Å². The van der Waals surface area contributed by atoms with Crippen molar-refractivity contribution in [1.82, 2.24) is 25.2 Å². The highest BCUT2D eigenvalue weighted by molar-refractivity contribution is 5.99. The van der Waals surface area contributed by atoms with Gasteiger partial charge < -0.3 is 10.2 Å². The number of nitrogens with one attached hydrogen (secondary N) is 1. The zero-order chi connectivity index (χ0) is 14.2. The van der Waals surface area contributed by atoms with Gasteiger partial charge in [0.2, 0.25) is 11.8 Å². The second kappa shape index (κ2) is 4.64. The van der Waals surface area contributed by atoms with E-state index in [0.29, 0.717) is 18.7 Å². The molecule has 0 aromatic carbocycles. The summed E-state index contributed by atoms with van der Waals surface area (Å²) in [6.45, 7) is 5.67. The van der Waals surface area contributed by atoms with Gasteiger partial charge in [-0.15, -0.1) is 5.10 Å². The normalized spacial score (nSPS) is 27.6. The lowest BCUT2D eigenvalue weighted by Gasteiger charge is -2.44. The van der Waals surface area contributed by atoms with Crippen LogP contribution in [-0.4, -0.2) is 43.3 Å².